The molecule has 0 saturated heterocycles. The van der Waals surface area contributed by atoms with Gasteiger partial charge in [0.25, 0.3) is 5.91 Å². The largest absolute Gasteiger partial charge is 0.398 e. The molecule has 0 fully saturated rings. The van der Waals surface area contributed by atoms with Crippen molar-refractivity contribution in [1.29, 1.82) is 5.26 Å². The molecule has 3 N–H and O–H groups in total. The van der Waals surface area contributed by atoms with Crippen molar-refractivity contribution in [3.05, 3.63) is 57.6 Å². The van der Waals surface area contributed by atoms with Crippen molar-refractivity contribution in [1.82, 2.24) is 0 Å². The van der Waals surface area contributed by atoms with Gasteiger partial charge in [-0.3, -0.25) is 4.79 Å². The van der Waals surface area contributed by atoms with Crippen molar-refractivity contribution >= 4 is 28.9 Å². The lowest BCUT2D eigenvalue weighted by Gasteiger charge is -2.11. The summed E-state index contributed by atoms with van der Waals surface area (Å²) in [6.45, 7) is 3.75. The van der Waals surface area contributed by atoms with Crippen molar-refractivity contribution in [2.75, 3.05) is 11.1 Å². The zero-order valence-corrected chi connectivity index (χ0v) is 12.5. The molecule has 2 aromatic carbocycles. The maximum Gasteiger partial charge on any atom is 0.256 e. The molecule has 1 amide bonds. The molecule has 21 heavy (non-hydrogen) atoms. The minimum absolute atomic E-state index is 0.264. The number of rotatable bonds is 2. The van der Waals surface area contributed by atoms with Gasteiger partial charge in [0.15, 0.2) is 0 Å². The summed E-state index contributed by atoms with van der Waals surface area (Å²) < 4.78 is 0. The van der Waals surface area contributed by atoms with Gasteiger partial charge in [0.05, 0.1) is 10.6 Å². The second-order valence-electron chi connectivity index (χ2n) is 4.78. The fraction of sp³-hybridized carbons (Fsp3) is 0.125. The Hall–Kier alpha value is -2.51. The van der Waals surface area contributed by atoms with Gasteiger partial charge < -0.3 is 11.1 Å². The van der Waals surface area contributed by atoms with Crippen LogP contribution in [-0.4, -0.2) is 5.91 Å². The third-order valence-corrected chi connectivity index (χ3v) is 3.52. The molecule has 2 aromatic rings. The lowest BCUT2D eigenvalue weighted by molar-refractivity contribution is 0.102. The Balaban J connectivity index is 2.28. The lowest BCUT2D eigenvalue weighted by atomic mass is 10.0. The summed E-state index contributed by atoms with van der Waals surface area (Å²) in [7, 11) is 0. The number of nitrogens with one attached hydrogen (secondary N) is 1. The summed E-state index contributed by atoms with van der Waals surface area (Å²) in [6.07, 6.45) is 0. The van der Waals surface area contributed by atoms with Crippen LogP contribution in [0.1, 0.15) is 27.0 Å². The summed E-state index contributed by atoms with van der Waals surface area (Å²) in [5.41, 5.74) is 9.61. The zero-order chi connectivity index (χ0) is 15.6. The Morgan fingerprint density at radius 3 is 2.57 bits per heavy atom. The predicted molar refractivity (Wildman–Crippen MR) is 84.4 cm³/mol. The van der Waals surface area contributed by atoms with Crippen molar-refractivity contribution < 1.29 is 4.79 Å². The number of nitriles is 1. The number of halogens is 1. The molecule has 0 aromatic heterocycles. The molecule has 0 spiro atoms. The molecule has 0 aliphatic carbocycles. The number of anilines is 2. The molecular weight excluding hydrogens is 286 g/mol. The van der Waals surface area contributed by atoms with Gasteiger partial charge in [0.2, 0.25) is 0 Å². The van der Waals surface area contributed by atoms with Gasteiger partial charge in [-0.05, 0) is 49.2 Å². The molecule has 0 aliphatic rings. The van der Waals surface area contributed by atoms with E-state index in [1.165, 1.54) is 0 Å². The van der Waals surface area contributed by atoms with Crippen LogP contribution in [0.4, 0.5) is 11.4 Å². The Kier molecular flexibility index (Phi) is 4.15. The molecular formula is C16H14ClN3O. The van der Waals surface area contributed by atoms with Gasteiger partial charge in [0, 0.05) is 16.9 Å². The first-order valence-electron chi connectivity index (χ1n) is 6.30. The highest BCUT2D eigenvalue weighted by Gasteiger charge is 2.12. The van der Waals surface area contributed by atoms with Crippen LogP contribution in [0.3, 0.4) is 0 Å². The molecule has 0 heterocycles. The SMILES string of the molecule is Cc1cc(C)c(C(=O)Nc2ccc(C#N)c(Cl)c2)cc1N. The van der Waals surface area contributed by atoms with Crippen LogP contribution in [0.15, 0.2) is 30.3 Å². The summed E-state index contributed by atoms with van der Waals surface area (Å²) in [5, 5.41) is 11.9. The quantitative estimate of drug-likeness (QED) is 0.831. The van der Waals surface area contributed by atoms with Gasteiger partial charge in [-0.2, -0.15) is 5.26 Å². The second kappa shape index (κ2) is 5.86. The highest BCUT2D eigenvalue weighted by Crippen LogP contribution is 2.22. The molecule has 0 saturated carbocycles. The third kappa shape index (κ3) is 3.15. The number of carbonyl (C=O) groups excluding carboxylic acids is 1. The number of hydrogen-bond acceptors (Lipinski definition) is 3. The first-order chi connectivity index (χ1) is 9.92. The van der Waals surface area contributed by atoms with Gasteiger partial charge in [-0.15, -0.1) is 0 Å². The first-order valence-corrected chi connectivity index (χ1v) is 6.68. The summed E-state index contributed by atoms with van der Waals surface area (Å²) >= 11 is 5.94. The molecule has 0 bridgehead atoms. The lowest BCUT2D eigenvalue weighted by Crippen LogP contribution is -2.14. The number of amides is 1. The van der Waals surface area contributed by atoms with Crippen LogP contribution >= 0.6 is 11.6 Å². The Bertz CT molecular complexity index is 763. The maximum absolute atomic E-state index is 12.3. The molecule has 0 radical (unpaired) electrons. The number of aryl methyl sites for hydroxylation is 2. The van der Waals surface area contributed by atoms with Crippen LogP contribution in [0.5, 0.6) is 0 Å². The Morgan fingerprint density at radius 2 is 1.95 bits per heavy atom. The van der Waals surface area contributed by atoms with E-state index in [1.54, 1.807) is 24.3 Å². The number of nitrogens with two attached hydrogens (primary N) is 1. The molecule has 0 atom stereocenters. The van der Waals surface area contributed by atoms with E-state index in [4.69, 9.17) is 22.6 Å². The predicted octanol–water partition coefficient (Wildman–Crippen LogP) is 3.66. The van der Waals surface area contributed by atoms with Gasteiger partial charge >= 0.3 is 0 Å². The average Bonchev–Trinajstić information content (AvgIpc) is 2.43. The summed E-state index contributed by atoms with van der Waals surface area (Å²) in [4.78, 5) is 12.3. The number of hydrogen-bond donors (Lipinski definition) is 2. The molecule has 106 valence electrons. The van der Waals surface area contributed by atoms with Crippen molar-refractivity contribution in [3.8, 4) is 6.07 Å². The van der Waals surface area contributed by atoms with E-state index in [2.05, 4.69) is 5.32 Å². The summed E-state index contributed by atoms with van der Waals surface area (Å²) in [6, 6.07) is 10.2. The highest BCUT2D eigenvalue weighted by atomic mass is 35.5. The number of carbonyl (C=O) groups is 1. The number of nitrogens with zero attached hydrogens (tertiary/aromatic N) is 1. The van der Waals surface area contributed by atoms with E-state index in [1.807, 2.05) is 26.0 Å². The molecule has 0 aliphatic heterocycles. The van der Waals surface area contributed by atoms with E-state index in [9.17, 15) is 4.79 Å². The van der Waals surface area contributed by atoms with E-state index in [0.29, 0.717) is 27.5 Å². The van der Waals surface area contributed by atoms with Crippen LogP contribution in [0.2, 0.25) is 5.02 Å². The fourth-order valence-electron chi connectivity index (χ4n) is 2.00. The second-order valence-corrected chi connectivity index (χ2v) is 5.19. The standard InChI is InChI=1S/C16H14ClN3O/c1-9-5-10(2)15(19)7-13(9)16(21)20-12-4-3-11(8-18)14(17)6-12/h3-7H,19H2,1-2H3,(H,20,21). The molecule has 4 nitrogen and oxygen atoms in total. The minimum Gasteiger partial charge on any atom is -0.398 e. The highest BCUT2D eigenvalue weighted by molar-refractivity contribution is 6.32. The smallest absolute Gasteiger partial charge is 0.256 e. The average molecular weight is 300 g/mol. The van der Waals surface area contributed by atoms with Gasteiger partial charge in [0.1, 0.15) is 6.07 Å². The summed E-state index contributed by atoms with van der Waals surface area (Å²) in [5.74, 6) is -0.264. The van der Waals surface area contributed by atoms with Crippen molar-refractivity contribution in [2.45, 2.75) is 13.8 Å². The molecule has 0 unspecified atom stereocenters. The zero-order valence-electron chi connectivity index (χ0n) is 11.7. The number of benzene rings is 2. The minimum atomic E-state index is -0.264. The maximum atomic E-state index is 12.3. The fourth-order valence-corrected chi connectivity index (χ4v) is 2.22. The Morgan fingerprint density at radius 1 is 1.24 bits per heavy atom. The number of nitrogen functional groups attached to an aromatic ring is 1. The molecule has 2 rings (SSSR count). The van der Waals surface area contributed by atoms with Crippen molar-refractivity contribution in [2.24, 2.45) is 0 Å². The van der Waals surface area contributed by atoms with E-state index in [-0.39, 0.29) is 5.91 Å². The van der Waals surface area contributed by atoms with Crippen LogP contribution < -0.4 is 11.1 Å². The monoisotopic (exact) mass is 299 g/mol. The third-order valence-electron chi connectivity index (χ3n) is 3.21. The molecule has 5 heteroatoms. The van der Waals surface area contributed by atoms with E-state index in [0.717, 1.165) is 11.1 Å². The van der Waals surface area contributed by atoms with Crippen LogP contribution in [-0.2, 0) is 0 Å². The topological polar surface area (TPSA) is 78.9 Å². The first kappa shape index (κ1) is 14.9. The Labute approximate surface area is 128 Å². The van der Waals surface area contributed by atoms with E-state index < -0.39 is 0 Å². The van der Waals surface area contributed by atoms with Gasteiger partial charge in [-0.1, -0.05) is 17.7 Å². The van der Waals surface area contributed by atoms with Gasteiger partial charge in [-0.25, -0.2) is 0 Å². The normalized spacial score (nSPS) is 10.0. The van der Waals surface area contributed by atoms with Crippen LogP contribution in [0, 0.1) is 25.2 Å². The van der Waals surface area contributed by atoms with Crippen molar-refractivity contribution in [3.63, 3.8) is 0 Å². The van der Waals surface area contributed by atoms with Crippen LogP contribution in [0.25, 0.3) is 0 Å². The van der Waals surface area contributed by atoms with E-state index >= 15 is 0 Å².